The standard InChI is InChI=1S/C28H26F5NO3/c29-23-8-5-19(6-9-23)11-13-34(17-20-3-1-4-25(27(20)30)28(31,32)33)12-2-14-36-24-10-7-21-18-37-26(35)16-22(21)15-24/h1,3-10,15H,2,11-14,16-18H2. The summed E-state index contributed by atoms with van der Waals surface area (Å²) in [6, 6.07) is 14.7. The predicted octanol–water partition coefficient (Wildman–Crippen LogP) is 6.10. The van der Waals surface area contributed by atoms with E-state index in [2.05, 4.69) is 0 Å². The van der Waals surface area contributed by atoms with Crippen LogP contribution in [0, 0.1) is 11.6 Å². The smallest absolute Gasteiger partial charge is 0.419 e. The molecule has 196 valence electrons. The number of alkyl halides is 3. The first kappa shape index (κ1) is 26.6. The van der Waals surface area contributed by atoms with E-state index in [-0.39, 0.29) is 36.9 Å². The van der Waals surface area contributed by atoms with Crippen molar-refractivity contribution < 1.29 is 36.2 Å². The van der Waals surface area contributed by atoms with Crippen LogP contribution in [0.5, 0.6) is 5.75 Å². The summed E-state index contributed by atoms with van der Waals surface area (Å²) in [6.07, 6.45) is -3.55. The van der Waals surface area contributed by atoms with Gasteiger partial charge in [0.15, 0.2) is 0 Å². The second-order valence-electron chi connectivity index (χ2n) is 8.90. The Morgan fingerprint density at radius 3 is 2.49 bits per heavy atom. The Morgan fingerprint density at radius 2 is 1.73 bits per heavy atom. The van der Waals surface area contributed by atoms with Crippen molar-refractivity contribution >= 4 is 5.97 Å². The lowest BCUT2D eigenvalue weighted by molar-refractivity contribution is -0.145. The fourth-order valence-electron chi connectivity index (χ4n) is 4.21. The first-order chi connectivity index (χ1) is 17.7. The first-order valence-electron chi connectivity index (χ1n) is 11.9. The Morgan fingerprint density at radius 1 is 0.946 bits per heavy atom. The summed E-state index contributed by atoms with van der Waals surface area (Å²) in [7, 11) is 0. The highest BCUT2D eigenvalue weighted by molar-refractivity contribution is 5.74. The minimum atomic E-state index is -4.78. The molecule has 0 amide bonds. The maximum atomic E-state index is 14.7. The second kappa shape index (κ2) is 11.7. The molecule has 3 aromatic rings. The van der Waals surface area contributed by atoms with Crippen LogP contribution in [0.2, 0.25) is 0 Å². The average molecular weight is 520 g/mol. The number of carbonyl (C=O) groups is 1. The van der Waals surface area contributed by atoms with E-state index in [0.29, 0.717) is 38.3 Å². The number of esters is 1. The van der Waals surface area contributed by atoms with Gasteiger partial charge in [0.1, 0.15) is 24.0 Å². The van der Waals surface area contributed by atoms with Crippen LogP contribution in [0.25, 0.3) is 0 Å². The summed E-state index contributed by atoms with van der Waals surface area (Å²) in [5.74, 6) is -1.31. The Kier molecular flexibility index (Phi) is 8.43. The molecule has 0 N–H and O–H groups in total. The third-order valence-electron chi connectivity index (χ3n) is 6.20. The summed E-state index contributed by atoms with van der Waals surface area (Å²) in [5, 5.41) is 0. The van der Waals surface area contributed by atoms with E-state index in [1.807, 2.05) is 11.0 Å². The Hall–Kier alpha value is -3.46. The number of hydrogen-bond acceptors (Lipinski definition) is 4. The normalized spacial score (nSPS) is 13.4. The number of cyclic esters (lactones) is 1. The van der Waals surface area contributed by atoms with Crippen molar-refractivity contribution in [1.82, 2.24) is 4.90 Å². The van der Waals surface area contributed by atoms with Crippen LogP contribution in [0.1, 0.15) is 34.2 Å². The lowest BCUT2D eigenvalue weighted by Gasteiger charge is -2.24. The van der Waals surface area contributed by atoms with Gasteiger partial charge in [-0.1, -0.05) is 30.3 Å². The minimum Gasteiger partial charge on any atom is -0.494 e. The molecule has 3 aromatic carbocycles. The molecule has 0 atom stereocenters. The molecule has 4 nitrogen and oxygen atoms in total. The quantitative estimate of drug-likeness (QED) is 0.184. The van der Waals surface area contributed by atoms with E-state index >= 15 is 0 Å². The molecule has 1 aliphatic rings. The third kappa shape index (κ3) is 7.29. The zero-order valence-corrected chi connectivity index (χ0v) is 20.0. The molecular formula is C28H26F5NO3. The second-order valence-corrected chi connectivity index (χ2v) is 8.90. The van der Waals surface area contributed by atoms with Gasteiger partial charge in [-0.2, -0.15) is 13.2 Å². The van der Waals surface area contributed by atoms with Gasteiger partial charge < -0.3 is 9.47 Å². The maximum absolute atomic E-state index is 14.7. The molecule has 9 heteroatoms. The van der Waals surface area contributed by atoms with E-state index in [1.165, 1.54) is 24.3 Å². The van der Waals surface area contributed by atoms with Crippen LogP contribution in [-0.2, 0) is 41.7 Å². The number of halogens is 5. The molecule has 4 rings (SSSR count). The SMILES string of the molecule is O=C1Cc2cc(OCCCN(CCc3ccc(F)cc3)Cc3cccc(C(F)(F)F)c3F)ccc2CO1. The van der Waals surface area contributed by atoms with Gasteiger partial charge in [0, 0.05) is 25.2 Å². The third-order valence-corrected chi connectivity index (χ3v) is 6.20. The lowest BCUT2D eigenvalue weighted by atomic mass is 10.0. The van der Waals surface area contributed by atoms with Gasteiger partial charge in [-0.05, 0) is 59.9 Å². The van der Waals surface area contributed by atoms with Gasteiger partial charge in [0.25, 0.3) is 0 Å². The van der Waals surface area contributed by atoms with Gasteiger partial charge in [0.2, 0.25) is 0 Å². The number of nitrogens with zero attached hydrogens (tertiary/aromatic N) is 1. The molecule has 0 saturated carbocycles. The highest BCUT2D eigenvalue weighted by Gasteiger charge is 2.34. The maximum Gasteiger partial charge on any atom is 0.419 e. The Bertz CT molecular complexity index is 1230. The van der Waals surface area contributed by atoms with E-state index in [4.69, 9.17) is 9.47 Å². The number of benzene rings is 3. The van der Waals surface area contributed by atoms with Gasteiger partial charge in [-0.3, -0.25) is 9.69 Å². The number of ether oxygens (including phenoxy) is 2. The van der Waals surface area contributed by atoms with E-state index in [9.17, 15) is 26.7 Å². The van der Waals surface area contributed by atoms with Crippen LogP contribution in [0.4, 0.5) is 22.0 Å². The highest BCUT2D eigenvalue weighted by atomic mass is 19.4. The zero-order chi connectivity index (χ0) is 26.4. The molecule has 0 radical (unpaired) electrons. The molecule has 0 aliphatic carbocycles. The molecule has 0 spiro atoms. The van der Waals surface area contributed by atoms with Crippen molar-refractivity contribution in [2.45, 2.75) is 38.6 Å². The van der Waals surface area contributed by atoms with Gasteiger partial charge in [-0.15, -0.1) is 0 Å². The largest absolute Gasteiger partial charge is 0.494 e. The minimum absolute atomic E-state index is 0.0160. The molecule has 0 bridgehead atoms. The van der Waals surface area contributed by atoms with Crippen molar-refractivity contribution in [1.29, 1.82) is 0 Å². The molecule has 1 aliphatic heterocycles. The lowest BCUT2D eigenvalue weighted by Crippen LogP contribution is -2.28. The van der Waals surface area contributed by atoms with Gasteiger partial charge in [-0.25, -0.2) is 8.78 Å². The summed E-state index contributed by atoms with van der Waals surface area (Å²) in [4.78, 5) is 13.4. The van der Waals surface area contributed by atoms with Crippen LogP contribution in [0.3, 0.4) is 0 Å². The summed E-state index contributed by atoms with van der Waals surface area (Å²) in [5.41, 5.74) is 1.32. The topological polar surface area (TPSA) is 38.8 Å². The van der Waals surface area contributed by atoms with E-state index < -0.39 is 17.6 Å². The van der Waals surface area contributed by atoms with Crippen LogP contribution in [0.15, 0.2) is 60.7 Å². The highest BCUT2D eigenvalue weighted by Crippen LogP contribution is 2.32. The fourth-order valence-corrected chi connectivity index (χ4v) is 4.21. The molecule has 1 heterocycles. The summed E-state index contributed by atoms with van der Waals surface area (Å²) < 4.78 is 78.3. The summed E-state index contributed by atoms with van der Waals surface area (Å²) >= 11 is 0. The number of hydrogen-bond donors (Lipinski definition) is 0. The number of rotatable bonds is 10. The van der Waals surface area contributed by atoms with Crippen LogP contribution >= 0.6 is 0 Å². The van der Waals surface area contributed by atoms with Crippen molar-refractivity contribution in [3.05, 3.63) is 100 Å². The predicted molar refractivity (Wildman–Crippen MR) is 127 cm³/mol. The molecule has 0 fully saturated rings. The van der Waals surface area contributed by atoms with Gasteiger partial charge >= 0.3 is 12.1 Å². The van der Waals surface area contributed by atoms with Crippen LogP contribution in [-0.4, -0.2) is 30.6 Å². The van der Waals surface area contributed by atoms with Crippen molar-refractivity contribution in [3.63, 3.8) is 0 Å². The van der Waals surface area contributed by atoms with E-state index in [1.54, 1.807) is 24.3 Å². The molecule has 0 saturated heterocycles. The van der Waals surface area contributed by atoms with Crippen LogP contribution < -0.4 is 4.74 Å². The number of carbonyl (C=O) groups excluding carboxylic acids is 1. The van der Waals surface area contributed by atoms with Gasteiger partial charge in [0.05, 0.1) is 18.6 Å². The summed E-state index contributed by atoms with van der Waals surface area (Å²) in [6.45, 7) is 1.42. The zero-order valence-electron chi connectivity index (χ0n) is 20.0. The van der Waals surface area contributed by atoms with Crippen molar-refractivity contribution in [3.8, 4) is 5.75 Å². The van der Waals surface area contributed by atoms with E-state index in [0.717, 1.165) is 22.8 Å². The Balaban J connectivity index is 1.39. The monoisotopic (exact) mass is 519 g/mol. The van der Waals surface area contributed by atoms with Crippen molar-refractivity contribution in [2.75, 3.05) is 19.7 Å². The molecule has 37 heavy (non-hydrogen) atoms. The molecule has 0 unspecified atom stereocenters. The van der Waals surface area contributed by atoms with Crippen molar-refractivity contribution in [2.24, 2.45) is 0 Å². The molecular weight excluding hydrogens is 493 g/mol. The Labute approximate surface area is 211 Å². The first-order valence-corrected chi connectivity index (χ1v) is 11.9. The fraction of sp³-hybridized carbons (Fsp3) is 0.321. The molecule has 0 aromatic heterocycles. The number of fused-ring (bicyclic) bond motifs is 1. The average Bonchev–Trinajstić information content (AvgIpc) is 2.86.